The van der Waals surface area contributed by atoms with Gasteiger partial charge in [-0.3, -0.25) is 4.79 Å². The Morgan fingerprint density at radius 3 is 2.11 bits per heavy atom. The fraction of sp³-hybridized carbons (Fsp3) is 0.459. The van der Waals surface area contributed by atoms with Crippen molar-refractivity contribution < 1.29 is 33.3 Å². The molecule has 0 saturated carbocycles. The molecule has 3 saturated heterocycles. The lowest BCUT2D eigenvalue weighted by molar-refractivity contribution is -0.126. The number of amides is 2. The minimum atomic E-state index is -2.64. The van der Waals surface area contributed by atoms with Crippen LogP contribution in [-0.4, -0.2) is 74.6 Å². The summed E-state index contributed by atoms with van der Waals surface area (Å²) >= 11 is 0. The maximum Gasteiger partial charge on any atom is 0.408 e. The molecule has 3 aliphatic rings. The number of rotatable bonds is 14. The highest BCUT2D eigenvalue weighted by Gasteiger charge is 2.70. The Morgan fingerprint density at radius 1 is 0.915 bits per heavy atom. The third kappa shape index (κ3) is 7.17. The normalized spacial score (nSPS) is 25.1. The van der Waals surface area contributed by atoms with Crippen molar-refractivity contribution >= 4 is 30.7 Å². The molecule has 10 heteroatoms. The second-order valence-electron chi connectivity index (χ2n) is 13.9. The van der Waals surface area contributed by atoms with Gasteiger partial charge in [0, 0.05) is 26.0 Å². The molecule has 0 radical (unpaired) electrons. The van der Waals surface area contributed by atoms with E-state index in [1.165, 1.54) is 10.4 Å². The number of nitrogens with one attached hydrogen (secondary N) is 2. The van der Waals surface area contributed by atoms with Crippen LogP contribution in [0.2, 0.25) is 5.04 Å². The largest absolute Gasteiger partial charge is 0.445 e. The van der Waals surface area contributed by atoms with Crippen molar-refractivity contribution in [3.63, 3.8) is 0 Å². The molecule has 3 N–H and O–H groups in total. The van der Waals surface area contributed by atoms with Crippen molar-refractivity contribution in [1.82, 2.24) is 10.6 Å². The van der Waals surface area contributed by atoms with Gasteiger partial charge < -0.3 is 34.4 Å². The van der Waals surface area contributed by atoms with Crippen LogP contribution >= 0.6 is 0 Å². The zero-order valence-corrected chi connectivity index (χ0v) is 28.4. The highest BCUT2D eigenvalue weighted by atomic mass is 28.4. The number of benzene rings is 3. The first-order valence-electron chi connectivity index (χ1n) is 16.6. The fourth-order valence-electron chi connectivity index (χ4n) is 7.30. The average Bonchev–Trinajstić information content (AvgIpc) is 3.70. The zero-order chi connectivity index (χ0) is 33.1. The monoisotopic (exact) mass is 658 g/mol. The number of unbranched alkanes of at least 4 members (excludes halogenated alkanes) is 1. The van der Waals surface area contributed by atoms with Gasteiger partial charge in [0.25, 0.3) is 8.32 Å². The van der Waals surface area contributed by atoms with Gasteiger partial charge in [-0.1, -0.05) is 112 Å². The summed E-state index contributed by atoms with van der Waals surface area (Å²) in [5, 5.41) is 19.5. The molecule has 47 heavy (non-hydrogen) atoms. The molecule has 3 aromatic rings. The molecule has 6 atom stereocenters. The first-order chi connectivity index (χ1) is 22.6. The Hall–Kier alpha value is -3.54. The molecule has 0 aromatic heterocycles. The number of hydrogen-bond acceptors (Lipinski definition) is 7. The number of carbonyl (C=O) groups excluding carboxylic acids is 2. The van der Waals surface area contributed by atoms with E-state index in [0.29, 0.717) is 26.0 Å². The summed E-state index contributed by atoms with van der Waals surface area (Å²) in [4.78, 5) is 26.3. The highest BCUT2D eigenvalue weighted by molar-refractivity contribution is 6.99. The maximum absolute atomic E-state index is 13.5. The number of hydrogen-bond donors (Lipinski definition) is 3. The van der Waals surface area contributed by atoms with E-state index >= 15 is 0 Å². The van der Waals surface area contributed by atoms with E-state index in [1.807, 2.05) is 42.5 Å². The second-order valence-corrected chi connectivity index (χ2v) is 18.2. The van der Waals surface area contributed by atoms with Crippen molar-refractivity contribution in [3.05, 3.63) is 96.6 Å². The Labute approximate surface area is 278 Å². The van der Waals surface area contributed by atoms with E-state index < -0.39 is 32.2 Å². The number of aliphatic hydroxyl groups is 1. The number of fused-ring (bicyclic) bond motifs is 5. The lowest BCUT2D eigenvalue weighted by atomic mass is 9.80. The highest BCUT2D eigenvalue weighted by Crippen LogP contribution is 2.54. The van der Waals surface area contributed by atoms with Crippen LogP contribution in [0.25, 0.3) is 0 Å². The van der Waals surface area contributed by atoms with Gasteiger partial charge in [-0.15, -0.1) is 0 Å². The Kier molecular flexibility index (Phi) is 9.87. The average molecular weight is 659 g/mol. The summed E-state index contributed by atoms with van der Waals surface area (Å²) in [5.74, 6) is -0.376. The second kappa shape index (κ2) is 13.9. The van der Waals surface area contributed by atoms with Gasteiger partial charge in [-0.25, -0.2) is 4.79 Å². The molecule has 2 bridgehead atoms. The summed E-state index contributed by atoms with van der Waals surface area (Å²) in [6.07, 6.45) is 0.265. The fourth-order valence-corrected chi connectivity index (χ4v) is 11.9. The molecule has 2 amide bonds. The number of carbonyl (C=O) groups is 2. The summed E-state index contributed by atoms with van der Waals surface area (Å²) < 4.78 is 23.9. The minimum Gasteiger partial charge on any atom is -0.445 e. The topological polar surface area (TPSA) is 119 Å². The Balaban J connectivity index is 1.06. The standard InChI is InChI=1S/C37H46N2O7Si/c1-36(2,3)47(27-17-9-5-10-18-27,28-19-11-6-12-20-28)44-22-14-13-21-38-34(40)29(39-35(41)43-25-26-15-7-4-8-16-26)23-37(42)24-30-31-32(46-31)33(37)45-30/h4-12,15-20,29-33,42H,13-14,21-25H2,1-3H3,(H,38,40)(H,39,41)/t29-,30+,31+,32+,33+,37-/m0/s1. The lowest BCUT2D eigenvalue weighted by Crippen LogP contribution is -2.66. The van der Waals surface area contributed by atoms with Crippen LogP contribution < -0.4 is 21.0 Å². The summed E-state index contributed by atoms with van der Waals surface area (Å²) in [6.45, 7) is 7.77. The molecule has 6 rings (SSSR count). The summed E-state index contributed by atoms with van der Waals surface area (Å²) in [7, 11) is -2.64. The van der Waals surface area contributed by atoms with Crippen molar-refractivity contribution in [3.8, 4) is 0 Å². The third-order valence-electron chi connectivity index (χ3n) is 9.62. The van der Waals surface area contributed by atoms with Crippen molar-refractivity contribution in [2.45, 2.75) is 94.2 Å². The summed E-state index contributed by atoms with van der Waals surface area (Å²) in [6, 6.07) is 29.4. The Morgan fingerprint density at radius 2 is 1.53 bits per heavy atom. The number of ether oxygens (including phenoxy) is 3. The lowest BCUT2D eigenvalue weighted by Gasteiger charge is -2.43. The third-order valence-corrected chi connectivity index (χ3v) is 14.7. The van der Waals surface area contributed by atoms with E-state index in [1.54, 1.807) is 0 Å². The molecule has 0 aliphatic carbocycles. The molecule has 3 fully saturated rings. The van der Waals surface area contributed by atoms with E-state index in [-0.39, 0.29) is 42.3 Å². The molecular formula is C37H46N2O7Si. The van der Waals surface area contributed by atoms with Crippen LogP contribution in [0.15, 0.2) is 91.0 Å². The first-order valence-corrected chi connectivity index (χ1v) is 18.5. The van der Waals surface area contributed by atoms with Gasteiger partial charge in [0.1, 0.15) is 31.0 Å². The predicted octanol–water partition coefficient (Wildman–Crippen LogP) is 3.81. The molecular weight excluding hydrogens is 613 g/mol. The Bertz CT molecular complexity index is 1460. The van der Waals surface area contributed by atoms with E-state index in [4.69, 9.17) is 18.6 Å². The summed E-state index contributed by atoms with van der Waals surface area (Å²) in [5.41, 5.74) is -0.443. The maximum atomic E-state index is 13.5. The smallest absolute Gasteiger partial charge is 0.408 e. The van der Waals surface area contributed by atoms with Crippen molar-refractivity contribution in [2.24, 2.45) is 0 Å². The minimum absolute atomic E-state index is 0.00395. The van der Waals surface area contributed by atoms with Gasteiger partial charge in [0.2, 0.25) is 5.91 Å². The van der Waals surface area contributed by atoms with Crippen LogP contribution in [-0.2, 0) is 30.0 Å². The van der Waals surface area contributed by atoms with Crippen molar-refractivity contribution in [1.29, 1.82) is 0 Å². The van der Waals surface area contributed by atoms with E-state index in [0.717, 1.165) is 12.0 Å². The van der Waals surface area contributed by atoms with Gasteiger partial charge in [-0.2, -0.15) is 0 Å². The molecule has 3 aliphatic heterocycles. The SMILES string of the molecule is CC(C)(C)[Si](OCCCCNC(=O)[C@H](C[C@]1(O)C[C@H]2O[C@@H]1[C@@H]1O[C@@H]12)NC(=O)OCc1ccccc1)(c1ccccc1)c1ccccc1. The molecule has 9 nitrogen and oxygen atoms in total. The predicted molar refractivity (Wildman–Crippen MR) is 181 cm³/mol. The van der Waals surface area contributed by atoms with Crippen LogP contribution in [0.1, 0.15) is 52.0 Å². The van der Waals surface area contributed by atoms with Gasteiger partial charge in [0.05, 0.1) is 11.7 Å². The van der Waals surface area contributed by atoms with Crippen LogP contribution in [0, 0.1) is 0 Å². The van der Waals surface area contributed by atoms with Gasteiger partial charge in [-0.05, 0) is 33.8 Å². The van der Waals surface area contributed by atoms with Gasteiger partial charge >= 0.3 is 6.09 Å². The van der Waals surface area contributed by atoms with Gasteiger partial charge in [0.15, 0.2) is 0 Å². The number of epoxide rings is 1. The molecule has 3 heterocycles. The first kappa shape index (κ1) is 33.4. The molecule has 0 spiro atoms. The van der Waals surface area contributed by atoms with Crippen LogP contribution in [0.3, 0.4) is 0 Å². The van der Waals surface area contributed by atoms with Crippen LogP contribution in [0.4, 0.5) is 4.79 Å². The van der Waals surface area contributed by atoms with Crippen LogP contribution in [0.5, 0.6) is 0 Å². The van der Waals surface area contributed by atoms with Crippen molar-refractivity contribution in [2.75, 3.05) is 13.2 Å². The molecule has 250 valence electrons. The number of alkyl carbamates (subject to hydrolysis) is 1. The quantitative estimate of drug-likeness (QED) is 0.137. The molecule has 0 unspecified atom stereocenters. The zero-order valence-electron chi connectivity index (χ0n) is 27.4. The molecule has 3 aromatic carbocycles. The van der Waals surface area contributed by atoms with E-state index in [2.05, 4.69) is 79.9 Å². The van der Waals surface area contributed by atoms with E-state index in [9.17, 15) is 14.7 Å².